The maximum atomic E-state index is 13.9. The van der Waals surface area contributed by atoms with Gasteiger partial charge in [-0.3, -0.25) is 9.79 Å². The summed E-state index contributed by atoms with van der Waals surface area (Å²) >= 11 is 6.08. The monoisotopic (exact) mass is 509 g/mol. The molecule has 0 radical (unpaired) electrons. The Balaban J connectivity index is 1.69. The number of aliphatic imine (C=N–C) groups is 1. The van der Waals surface area contributed by atoms with Crippen molar-refractivity contribution in [2.75, 3.05) is 10.2 Å². The van der Waals surface area contributed by atoms with Crippen LogP contribution in [0.3, 0.4) is 0 Å². The van der Waals surface area contributed by atoms with E-state index in [1.165, 1.54) is 5.56 Å². The molecule has 1 aliphatic carbocycles. The van der Waals surface area contributed by atoms with Crippen molar-refractivity contribution < 1.29 is 4.79 Å². The fourth-order valence-electron chi connectivity index (χ4n) is 5.58. The van der Waals surface area contributed by atoms with E-state index in [0.717, 1.165) is 34.8 Å². The van der Waals surface area contributed by atoms with Crippen LogP contribution in [0.4, 0.5) is 17.1 Å². The predicted octanol–water partition coefficient (Wildman–Crippen LogP) is 8.02. The van der Waals surface area contributed by atoms with Gasteiger partial charge in [0.2, 0.25) is 0 Å². The first-order valence-electron chi connectivity index (χ1n) is 13.0. The molecule has 5 heteroatoms. The molecule has 0 saturated heterocycles. The molecule has 37 heavy (non-hydrogen) atoms. The number of fused-ring (bicyclic) bond motifs is 2. The first-order chi connectivity index (χ1) is 17.5. The Bertz CT molecular complexity index is 1350. The van der Waals surface area contributed by atoms with Crippen LogP contribution >= 0.6 is 12.2 Å². The Morgan fingerprint density at radius 2 is 1.59 bits per heavy atom. The number of hydrogen-bond acceptors (Lipinski definition) is 3. The summed E-state index contributed by atoms with van der Waals surface area (Å²) in [6.45, 7) is 11.0. The molecular weight excluding hydrogens is 474 g/mol. The molecule has 1 heterocycles. The zero-order valence-electron chi connectivity index (χ0n) is 22.3. The molecule has 0 aromatic heterocycles. The van der Waals surface area contributed by atoms with Crippen molar-refractivity contribution in [1.29, 1.82) is 0 Å². The van der Waals surface area contributed by atoms with Crippen molar-refractivity contribution >= 4 is 45.9 Å². The van der Waals surface area contributed by atoms with Gasteiger partial charge in [0.05, 0.1) is 23.3 Å². The van der Waals surface area contributed by atoms with E-state index in [0.29, 0.717) is 11.5 Å². The molecule has 1 N–H and O–H groups in total. The van der Waals surface area contributed by atoms with E-state index in [9.17, 15) is 4.79 Å². The average Bonchev–Trinajstić information content (AvgIpc) is 2.98. The third kappa shape index (κ3) is 5.10. The van der Waals surface area contributed by atoms with Gasteiger partial charge in [0.15, 0.2) is 5.11 Å². The fraction of sp³-hybridized carbons (Fsp3) is 0.344. The standard InChI is InChI=1S/C32H35N3OS/c1-31(2,3)22-17-15-21(16-18-22)29-28-25(19-32(4,5)20-27(28)36)34-24-13-9-10-14-26(24)35(29)30(37)33-23-11-7-6-8-12-23/h6-18,28-29H,19-20H2,1-5H3,(H,33,37)/t28-,29-/m0/s1. The predicted molar refractivity (Wildman–Crippen MR) is 158 cm³/mol. The van der Waals surface area contributed by atoms with E-state index in [1.807, 2.05) is 48.5 Å². The summed E-state index contributed by atoms with van der Waals surface area (Å²) in [5.41, 5.74) is 5.85. The Hall–Kier alpha value is -3.31. The van der Waals surface area contributed by atoms with Gasteiger partial charge < -0.3 is 10.2 Å². The van der Waals surface area contributed by atoms with Gasteiger partial charge in [0.1, 0.15) is 5.78 Å². The molecule has 1 aliphatic heterocycles. The third-order valence-electron chi connectivity index (χ3n) is 7.38. The van der Waals surface area contributed by atoms with Gasteiger partial charge in [-0.15, -0.1) is 0 Å². The summed E-state index contributed by atoms with van der Waals surface area (Å²) in [6.07, 6.45) is 1.30. The summed E-state index contributed by atoms with van der Waals surface area (Å²) in [4.78, 5) is 21.2. The number of para-hydroxylation sites is 3. The lowest BCUT2D eigenvalue weighted by atomic mass is 9.68. The number of nitrogens with one attached hydrogen (secondary N) is 1. The highest BCUT2D eigenvalue weighted by atomic mass is 32.1. The number of hydrogen-bond donors (Lipinski definition) is 1. The van der Waals surface area contributed by atoms with Crippen molar-refractivity contribution in [2.45, 2.75) is 58.9 Å². The topological polar surface area (TPSA) is 44.7 Å². The first-order valence-corrected chi connectivity index (χ1v) is 13.4. The van der Waals surface area contributed by atoms with E-state index >= 15 is 0 Å². The quantitative estimate of drug-likeness (QED) is 0.355. The number of anilines is 2. The van der Waals surface area contributed by atoms with Crippen LogP contribution < -0.4 is 10.2 Å². The molecule has 2 atom stereocenters. The van der Waals surface area contributed by atoms with Crippen molar-refractivity contribution in [3.05, 3.63) is 90.0 Å². The minimum absolute atomic E-state index is 0.0374. The molecule has 0 bridgehead atoms. The molecule has 5 rings (SSSR count). The molecule has 1 fully saturated rings. The van der Waals surface area contributed by atoms with Gasteiger partial charge in [0, 0.05) is 17.8 Å². The summed E-state index contributed by atoms with van der Waals surface area (Å²) in [7, 11) is 0. The highest BCUT2D eigenvalue weighted by molar-refractivity contribution is 7.80. The van der Waals surface area contributed by atoms with Crippen LogP contribution in [-0.2, 0) is 10.2 Å². The van der Waals surface area contributed by atoms with E-state index in [4.69, 9.17) is 17.2 Å². The summed E-state index contributed by atoms with van der Waals surface area (Å²) in [5.74, 6) is -0.156. The second-order valence-corrected chi connectivity index (χ2v) is 12.4. The molecule has 0 spiro atoms. The Morgan fingerprint density at radius 1 is 0.946 bits per heavy atom. The zero-order valence-corrected chi connectivity index (χ0v) is 23.1. The third-order valence-corrected chi connectivity index (χ3v) is 7.68. The number of carbonyl (C=O) groups excluding carboxylic acids is 1. The van der Waals surface area contributed by atoms with Gasteiger partial charge in [-0.05, 0) is 64.9 Å². The van der Waals surface area contributed by atoms with Crippen LogP contribution in [0.2, 0.25) is 0 Å². The molecular formula is C32H35N3OS. The summed E-state index contributed by atoms with van der Waals surface area (Å²) in [6, 6.07) is 26.4. The van der Waals surface area contributed by atoms with Gasteiger partial charge in [-0.25, -0.2) is 0 Å². The van der Waals surface area contributed by atoms with E-state index in [2.05, 4.69) is 75.2 Å². The number of thiocarbonyl (C=S) groups is 1. The van der Waals surface area contributed by atoms with Crippen LogP contribution in [0.25, 0.3) is 0 Å². The number of Topliss-reactive ketones (excluding diaryl/α,β-unsaturated/α-hetero) is 1. The molecule has 2 aliphatic rings. The SMILES string of the molecule is CC1(C)CC(=O)[C@@H]2C(=Nc3ccccc3N(C(=S)Nc3ccccc3)[C@H]2c2ccc(C(C)(C)C)cc2)C1. The summed E-state index contributed by atoms with van der Waals surface area (Å²) < 4.78 is 0. The number of benzene rings is 3. The Labute approximate surface area is 225 Å². The van der Waals surface area contributed by atoms with Crippen LogP contribution in [0, 0.1) is 11.3 Å². The number of carbonyl (C=O) groups is 1. The maximum absolute atomic E-state index is 13.9. The van der Waals surface area contributed by atoms with E-state index in [-0.39, 0.29) is 28.6 Å². The molecule has 0 amide bonds. The van der Waals surface area contributed by atoms with E-state index in [1.54, 1.807) is 0 Å². The molecule has 0 unspecified atom stereocenters. The van der Waals surface area contributed by atoms with Gasteiger partial charge in [-0.2, -0.15) is 0 Å². The normalized spacial score (nSPS) is 20.8. The first kappa shape index (κ1) is 25.3. The highest BCUT2D eigenvalue weighted by Crippen LogP contribution is 2.48. The smallest absolute Gasteiger partial charge is 0.178 e. The Kier molecular flexibility index (Phi) is 6.53. The van der Waals surface area contributed by atoms with Gasteiger partial charge in [0.25, 0.3) is 0 Å². The van der Waals surface area contributed by atoms with Crippen LogP contribution in [-0.4, -0.2) is 16.6 Å². The average molecular weight is 510 g/mol. The van der Waals surface area contributed by atoms with Gasteiger partial charge >= 0.3 is 0 Å². The maximum Gasteiger partial charge on any atom is 0.178 e. The van der Waals surface area contributed by atoms with Crippen LogP contribution in [0.1, 0.15) is 64.6 Å². The molecule has 4 nitrogen and oxygen atoms in total. The van der Waals surface area contributed by atoms with Gasteiger partial charge in [-0.1, -0.05) is 89.2 Å². The summed E-state index contributed by atoms with van der Waals surface area (Å²) in [5, 5.41) is 3.99. The molecule has 3 aromatic rings. The molecule has 3 aromatic carbocycles. The van der Waals surface area contributed by atoms with Crippen molar-refractivity contribution in [1.82, 2.24) is 0 Å². The number of ketones is 1. The highest BCUT2D eigenvalue weighted by Gasteiger charge is 2.47. The second-order valence-electron chi connectivity index (χ2n) is 12.0. The van der Waals surface area contributed by atoms with Crippen LogP contribution in [0.5, 0.6) is 0 Å². The van der Waals surface area contributed by atoms with Crippen LogP contribution in [0.15, 0.2) is 83.9 Å². The number of rotatable bonds is 2. The lowest BCUT2D eigenvalue weighted by Gasteiger charge is -2.42. The van der Waals surface area contributed by atoms with E-state index < -0.39 is 0 Å². The zero-order chi connectivity index (χ0) is 26.4. The van der Waals surface area contributed by atoms with Crippen molar-refractivity contribution in [2.24, 2.45) is 16.3 Å². The number of nitrogens with zero attached hydrogens (tertiary/aromatic N) is 2. The minimum atomic E-state index is -0.378. The van der Waals surface area contributed by atoms with Crippen molar-refractivity contribution in [3.8, 4) is 0 Å². The molecule has 190 valence electrons. The van der Waals surface area contributed by atoms with Crippen molar-refractivity contribution in [3.63, 3.8) is 0 Å². The lowest BCUT2D eigenvalue weighted by Crippen LogP contribution is -2.48. The molecule has 1 saturated carbocycles. The minimum Gasteiger partial charge on any atom is -0.332 e. The lowest BCUT2D eigenvalue weighted by molar-refractivity contribution is -0.124. The second kappa shape index (κ2) is 9.53. The Morgan fingerprint density at radius 3 is 2.27 bits per heavy atom. The fourth-order valence-corrected chi connectivity index (χ4v) is 5.91. The largest absolute Gasteiger partial charge is 0.332 e.